The third-order valence-corrected chi connectivity index (χ3v) is 3.13. The maximum atomic E-state index is 9.82. The molecule has 0 aliphatic heterocycles. The van der Waals surface area contributed by atoms with Gasteiger partial charge in [-0.15, -0.1) is 0 Å². The highest BCUT2D eigenvalue weighted by Gasteiger charge is 2.20. The summed E-state index contributed by atoms with van der Waals surface area (Å²) >= 11 is 0. The van der Waals surface area contributed by atoms with Crippen molar-refractivity contribution in [2.24, 2.45) is 0 Å². The van der Waals surface area contributed by atoms with E-state index in [-0.39, 0.29) is 5.92 Å². The molecule has 0 saturated heterocycles. The number of hydrogen-bond donors (Lipinski definition) is 2. The highest BCUT2D eigenvalue weighted by molar-refractivity contribution is 5.35. The lowest BCUT2D eigenvalue weighted by molar-refractivity contribution is 0.00944. The summed E-state index contributed by atoms with van der Waals surface area (Å²) < 4.78 is 5.29. The van der Waals surface area contributed by atoms with Gasteiger partial charge in [0.15, 0.2) is 0 Å². The van der Waals surface area contributed by atoms with Gasteiger partial charge in [-0.1, -0.05) is 32.0 Å². The van der Waals surface area contributed by atoms with Gasteiger partial charge in [0.1, 0.15) is 5.75 Å². The summed E-state index contributed by atoms with van der Waals surface area (Å²) in [6, 6.07) is 7.78. The first kappa shape index (κ1) is 14.0. The Labute approximate surface area is 103 Å². The van der Waals surface area contributed by atoms with E-state index in [0.29, 0.717) is 12.8 Å². The topological polar surface area (TPSA) is 49.7 Å². The van der Waals surface area contributed by atoms with E-state index in [0.717, 1.165) is 11.3 Å². The second-order valence-electron chi connectivity index (χ2n) is 4.42. The molecule has 0 radical (unpaired) electrons. The van der Waals surface area contributed by atoms with Gasteiger partial charge in [-0.3, -0.25) is 0 Å². The van der Waals surface area contributed by atoms with Crippen LogP contribution < -0.4 is 4.74 Å². The summed E-state index contributed by atoms with van der Waals surface area (Å²) in [4.78, 5) is 0. The number of ether oxygens (including phenoxy) is 1. The minimum absolute atomic E-state index is 0.155. The Bertz CT molecular complexity index is 338. The fraction of sp³-hybridized carbons (Fsp3) is 0.571. The van der Waals surface area contributed by atoms with E-state index >= 15 is 0 Å². The maximum absolute atomic E-state index is 9.82. The lowest BCUT2D eigenvalue weighted by Crippen LogP contribution is -2.26. The number of aliphatic hydroxyl groups is 2. The third kappa shape index (κ3) is 3.72. The normalized spacial score (nSPS) is 16.3. The summed E-state index contributed by atoms with van der Waals surface area (Å²) in [5.41, 5.74) is 1.07. The van der Waals surface area contributed by atoms with Gasteiger partial charge >= 0.3 is 0 Å². The van der Waals surface area contributed by atoms with E-state index in [1.54, 1.807) is 7.11 Å². The fourth-order valence-electron chi connectivity index (χ4n) is 1.99. The molecule has 0 amide bonds. The van der Waals surface area contributed by atoms with Crippen molar-refractivity contribution in [2.75, 3.05) is 7.11 Å². The lowest BCUT2D eigenvalue weighted by atomic mass is 9.92. The summed E-state index contributed by atoms with van der Waals surface area (Å²) in [6.07, 6.45) is -0.220. The smallest absolute Gasteiger partial charge is 0.122 e. The Morgan fingerprint density at radius 2 is 1.82 bits per heavy atom. The van der Waals surface area contributed by atoms with Crippen LogP contribution in [0, 0.1) is 0 Å². The molecule has 0 aromatic heterocycles. The quantitative estimate of drug-likeness (QED) is 0.799. The molecule has 0 aliphatic rings. The zero-order valence-electron chi connectivity index (χ0n) is 10.8. The second-order valence-corrected chi connectivity index (χ2v) is 4.42. The van der Waals surface area contributed by atoms with E-state index in [9.17, 15) is 10.2 Å². The van der Waals surface area contributed by atoms with Crippen molar-refractivity contribution in [3.05, 3.63) is 29.8 Å². The van der Waals surface area contributed by atoms with Gasteiger partial charge in [0.05, 0.1) is 19.3 Å². The van der Waals surface area contributed by atoms with Gasteiger partial charge in [-0.25, -0.2) is 0 Å². The van der Waals surface area contributed by atoms with E-state index in [2.05, 4.69) is 0 Å². The highest BCUT2D eigenvalue weighted by atomic mass is 16.5. The number of para-hydroxylation sites is 1. The Hall–Kier alpha value is -1.06. The molecule has 1 aromatic rings. The molecule has 17 heavy (non-hydrogen) atoms. The first-order valence-corrected chi connectivity index (χ1v) is 6.09. The molecular formula is C14H22O3. The van der Waals surface area contributed by atoms with Crippen LogP contribution in [0.4, 0.5) is 0 Å². The molecule has 0 heterocycles. The molecule has 0 spiro atoms. The van der Waals surface area contributed by atoms with Crippen LogP contribution >= 0.6 is 0 Å². The third-order valence-electron chi connectivity index (χ3n) is 3.13. The lowest BCUT2D eigenvalue weighted by Gasteiger charge is -2.21. The summed E-state index contributed by atoms with van der Waals surface area (Å²) in [6.45, 7) is 3.89. The molecule has 0 aliphatic carbocycles. The Balaban J connectivity index is 2.72. The molecule has 1 rings (SSSR count). The van der Waals surface area contributed by atoms with Crippen LogP contribution in [-0.4, -0.2) is 29.5 Å². The van der Waals surface area contributed by atoms with E-state index in [1.807, 2.05) is 38.1 Å². The number of aliphatic hydroxyl groups excluding tert-OH is 2. The molecule has 0 fully saturated rings. The number of rotatable bonds is 6. The minimum Gasteiger partial charge on any atom is -0.496 e. The van der Waals surface area contributed by atoms with Crippen LogP contribution in [-0.2, 0) is 0 Å². The molecule has 1 aromatic carbocycles. The largest absolute Gasteiger partial charge is 0.496 e. The predicted molar refractivity (Wildman–Crippen MR) is 68.3 cm³/mol. The van der Waals surface area contributed by atoms with Crippen LogP contribution in [0.15, 0.2) is 24.3 Å². The maximum Gasteiger partial charge on any atom is 0.122 e. The molecule has 0 bridgehead atoms. The van der Waals surface area contributed by atoms with Crippen LogP contribution in [0.25, 0.3) is 0 Å². The van der Waals surface area contributed by atoms with Crippen molar-refractivity contribution in [3.63, 3.8) is 0 Å². The van der Waals surface area contributed by atoms with Gasteiger partial charge in [-0.2, -0.15) is 0 Å². The van der Waals surface area contributed by atoms with Crippen molar-refractivity contribution < 1.29 is 14.9 Å². The monoisotopic (exact) mass is 238 g/mol. The predicted octanol–water partition coefficient (Wildman–Crippen LogP) is 2.32. The molecule has 0 saturated carbocycles. The van der Waals surface area contributed by atoms with Gasteiger partial charge in [0.25, 0.3) is 0 Å². The minimum atomic E-state index is -0.681. The van der Waals surface area contributed by atoms with Crippen molar-refractivity contribution in [1.82, 2.24) is 0 Å². The molecule has 3 unspecified atom stereocenters. The number of hydrogen-bond acceptors (Lipinski definition) is 3. The average Bonchev–Trinajstić information content (AvgIpc) is 2.37. The molecule has 3 heteroatoms. The average molecular weight is 238 g/mol. The summed E-state index contributed by atoms with van der Waals surface area (Å²) in [5, 5.41) is 19.4. The molecular weight excluding hydrogens is 216 g/mol. The van der Waals surface area contributed by atoms with Crippen LogP contribution in [0.5, 0.6) is 5.75 Å². The second kappa shape index (κ2) is 6.62. The van der Waals surface area contributed by atoms with Gasteiger partial charge in [-0.05, 0) is 30.4 Å². The van der Waals surface area contributed by atoms with Crippen LogP contribution in [0.3, 0.4) is 0 Å². The van der Waals surface area contributed by atoms with E-state index in [1.165, 1.54) is 0 Å². The number of benzene rings is 1. The summed E-state index contributed by atoms with van der Waals surface area (Å²) in [7, 11) is 1.64. The molecule has 3 nitrogen and oxygen atoms in total. The van der Waals surface area contributed by atoms with Crippen molar-refractivity contribution in [3.8, 4) is 5.75 Å². The standard InChI is InChI=1S/C14H22O3/c1-4-12(15)13(16)9-10(2)11-7-5-6-8-14(11)17-3/h5-8,10,12-13,15-16H,4,9H2,1-3H3. The Morgan fingerprint density at radius 1 is 1.18 bits per heavy atom. The molecule has 2 N–H and O–H groups in total. The first-order valence-electron chi connectivity index (χ1n) is 6.09. The molecule has 96 valence electrons. The Morgan fingerprint density at radius 3 is 2.41 bits per heavy atom. The van der Waals surface area contributed by atoms with Gasteiger partial charge < -0.3 is 14.9 Å². The fourth-order valence-corrected chi connectivity index (χ4v) is 1.99. The van der Waals surface area contributed by atoms with Crippen molar-refractivity contribution in [1.29, 1.82) is 0 Å². The van der Waals surface area contributed by atoms with Crippen molar-refractivity contribution >= 4 is 0 Å². The van der Waals surface area contributed by atoms with E-state index < -0.39 is 12.2 Å². The van der Waals surface area contributed by atoms with Gasteiger partial charge in [0, 0.05) is 0 Å². The number of methoxy groups -OCH3 is 1. The van der Waals surface area contributed by atoms with E-state index in [4.69, 9.17) is 4.74 Å². The zero-order chi connectivity index (χ0) is 12.8. The van der Waals surface area contributed by atoms with Crippen molar-refractivity contribution in [2.45, 2.75) is 44.8 Å². The highest BCUT2D eigenvalue weighted by Crippen LogP contribution is 2.29. The molecule has 3 atom stereocenters. The Kier molecular flexibility index (Phi) is 5.45. The van der Waals surface area contributed by atoms with Crippen LogP contribution in [0.2, 0.25) is 0 Å². The van der Waals surface area contributed by atoms with Crippen LogP contribution in [0.1, 0.15) is 38.2 Å². The zero-order valence-corrected chi connectivity index (χ0v) is 10.8. The SMILES string of the molecule is CCC(O)C(O)CC(C)c1ccccc1OC. The summed E-state index contributed by atoms with van der Waals surface area (Å²) in [5.74, 6) is 0.987. The van der Waals surface area contributed by atoms with Gasteiger partial charge in [0.2, 0.25) is 0 Å². The first-order chi connectivity index (χ1) is 8.10.